The van der Waals surface area contributed by atoms with E-state index in [-0.39, 0.29) is 0 Å². The molecule has 1 aromatic heterocycles. The third kappa shape index (κ3) is 7.18. The average molecular weight is 644 g/mol. The van der Waals surface area contributed by atoms with E-state index in [1.807, 2.05) is 12.1 Å². The molecule has 3 aromatic carbocycles. The summed E-state index contributed by atoms with van der Waals surface area (Å²) in [6.45, 7) is 5.81. The number of hydrogen-bond acceptors (Lipinski definition) is 4. The first kappa shape index (κ1) is 29.1. The zero-order chi connectivity index (χ0) is 26.7. The number of halogens is 2. The Balaban J connectivity index is 1.63. The molecule has 0 unspecified atom stereocenters. The van der Waals surface area contributed by atoms with Crippen molar-refractivity contribution in [2.24, 2.45) is 0 Å². The van der Waals surface area contributed by atoms with E-state index in [0.29, 0.717) is 13.2 Å². The van der Waals surface area contributed by atoms with Gasteiger partial charge in [-0.25, -0.2) is 9.97 Å². The molecule has 6 heteroatoms. The van der Waals surface area contributed by atoms with Crippen LogP contribution in [0.15, 0.2) is 45.3 Å². The molecule has 0 spiro atoms. The monoisotopic (exact) mass is 642 g/mol. The molecule has 0 fully saturated rings. The maximum Gasteiger partial charge on any atom is 0.178 e. The molecule has 0 saturated carbocycles. The van der Waals surface area contributed by atoms with Crippen molar-refractivity contribution in [1.29, 1.82) is 0 Å². The van der Waals surface area contributed by atoms with Gasteiger partial charge in [-0.3, -0.25) is 0 Å². The number of fused-ring (bicyclic) bond motifs is 4. The van der Waals surface area contributed by atoms with Crippen LogP contribution in [-0.4, -0.2) is 23.2 Å². The van der Waals surface area contributed by atoms with Crippen LogP contribution < -0.4 is 9.47 Å². The Labute approximate surface area is 244 Å². The third-order valence-electron chi connectivity index (χ3n) is 7.07. The molecule has 0 radical (unpaired) electrons. The standard InChI is InChI=1S/C32H40Br2N2O2/c1-3-5-7-9-11-15-21-37-31-26(33)29-30(27(34)32(31)38-22-16-12-10-8-6-4-2)36-28-24-18-14-13-17-23(24)19-20-25(28)35-29/h13-14,17-20H,3-12,15-16,21-22H2,1-2H3. The summed E-state index contributed by atoms with van der Waals surface area (Å²) in [6, 6.07) is 12.5. The van der Waals surface area contributed by atoms with Crippen molar-refractivity contribution < 1.29 is 9.47 Å². The van der Waals surface area contributed by atoms with E-state index in [9.17, 15) is 0 Å². The van der Waals surface area contributed by atoms with Crippen molar-refractivity contribution in [2.75, 3.05) is 13.2 Å². The Bertz CT molecular complexity index is 1340. The summed E-state index contributed by atoms with van der Waals surface area (Å²) in [5, 5.41) is 2.25. The highest BCUT2D eigenvalue weighted by molar-refractivity contribution is 9.11. The number of unbranched alkanes of at least 4 members (excludes halogenated alkanes) is 10. The van der Waals surface area contributed by atoms with Gasteiger partial charge >= 0.3 is 0 Å². The lowest BCUT2D eigenvalue weighted by Gasteiger charge is -2.18. The first-order valence-electron chi connectivity index (χ1n) is 14.4. The lowest BCUT2D eigenvalue weighted by molar-refractivity contribution is 0.256. The number of nitrogens with zero attached hydrogens (tertiary/aromatic N) is 2. The second kappa shape index (κ2) is 15.0. The minimum atomic E-state index is 0.653. The molecule has 204 valence electrons. The van der Waals surface area contributed by atoms with Crippen molar-refractivity contribution in [3.63, 3.8) is 0 Å². The first-order chi connectivity index (χ1) is 18.7. The highest BCUT2D eigenvalue weighted by atomic mass is 79.9. The Morgan fingerprint density at radius 3 is 1.71 bits per heavy atom. The molecule has 0 bridgehead atoms. The van der Waals surface area contributed by atoms with Crippen LogP contribution in [0.2, 0.25) is 0 Å². The quantitative estimate of drug-likeness (QED) is 0.0692. The first-order valence-corrected chi connectivity index (χ1v) is 16.0. The summed E-state index contributed by atoms with van der Waals surface area (Å²) < 4.78 is 14.4. The molecular formula is C32H40Br2N2O2. The smallest absolute Gasteiger partial charge is 0.178 e. The number of benzene rings is 3. The largest absolute Gasteiger partial charge is 0.488 e. The fraction of sp³-hybridized carbons (Fsp3) is 0.500. The Morgan fingerprint density at radius 2 is 1.11 bits per heavy atom. The van der Waals surface area contributed by atoms with E-state index in [4.69, 9.17) is 19.4 Å². The molecule has 4 aromatic rings. The number of aromatic nitrogens is 2. The van der Waals surface area contributed by atoms with Gasteiger partial charge in [0, 0.05) is 5.39 Å². The summed E-state index contributed by atoms with van der Waals surface area (Å²) >= 11 is 7.67. The number of ether oxygens (including phenoxy) is 2. The fourth-order valence-corrected chi connectivity index (χ4v) is 6.02. The van der Waals surface area contributed by atoms with Gasteiger partial charge in [-0.15, -0.1) is 0 Å². The van der Waals surface area contributed by atoms with Crippen LogP contribution >= 0.6 is 31.9 Å². The molecule has 4 rings (SSSR count). The zero-order valence-corrected chi connectivity index (χ0v) is 26.0. The van der Waals surface area contributed by atoms with E-state index < -0.39 is 0 Å². The molecule has 0 N–H and O–H groups in total. The van der Waals surface area contributed by atoms with Crippen molar-refractivity contribution in [2.45, 2.75) is 90.9 Å². The van der Waals surface area contributed by atoms with Gasteiger partial charge in [0.2, 0.25) is 0 Å². The normalized spacial score (nSPS) is 11.6. The maximum atomic E-state index is 6.40. The van der Waals surface area contributed by atoms with E-state index >= 15 is 0 Å². The molecule has 0 aliphatic heterocycles. The molecule has 0 aliphatic rings. The van der Waals surface area contributed by atoms with Crippen LogP contribution in [0.25, 0.3) is 32.8 Å². The summed E-state index contributed by atoms with van der Waals surface area (Å²) in [4.78, 5) is 10.1. The molecule has 0 atom stereocenters. The van der Waals surface area contributed by atoms with Crippen molar-refractivity contribution in [1.82, 2.24) is 9.97 Å². The minimum absolute atomic E-state index is 0.653. The molecule has 4 nitrogen and oxygen atoms in total. The maximum absolute atomic E-state index is 6.40. The lowest BCUT2D eigenvalue weighted by Crippen LogP contribution is -2.06. The van der Waals surface area contributed by atoms with Crippen molar-refractivity contribution in [3.8, 4) is 11.5 Å². The predicted molar refractivity (Wildman–Crippen MR) is 168 cm³/mol. The Morgan fingerprint density at radius 1 is 0.579 bits per heavy atom. The topological polar surface area (TPSA) is 44.2 Å². The Kier molecular flexibility index (Phi) is 11.5. The van der Waals surface area contributed by atoms with Crippen LogP contribution in [0.3, 0.4) is 0 Å². The minimum Gasteiger partial charge on any atom is -0.488 e. The van der Waals surface area contributed by atoms with Gasteiger partial charge < -0.3 is 9.47 Å². The summed E-state index contributed by atoms with van der Waals surface area (Å²) in [6.07, 6.45) is 14.7. The third-order valence-corrected chi connectivity index (χ3v) is 8.54. The van der Waals surface area contributed by atoms with Crippen LogP contribution in [-0.2, 0) is 0 Å². The van der Waals surface area contributed by atoms with Gasteiger partial charge in [-0.1, -0.05) is 108 Å². The number of hydrogen-bond donors (Lipinski definition) is 0. The van der Waals surface area contributed by atoms with Crippen molar-refractivity contribution >= 4 is 64.7 Å². The van der Waals surface area contributed by atoms with Crippen LogP contribution in [0.4, 0.5) is 0 Å². The second-order valence-corrected chi connectivity index (χ2v) is 11.7. The molecule has 38 heavy (non-hydrogen) atoms. The summed E-state index contributed by atoms with van der Waals surface area (Å²) in [5.74, 6) is 1.44. The van der Waals surface area contributed by atoms with E-state index in [1.165, 1.54) is 64.2 Å². The van der Waals surface area contributed by atoms with Gasteiger partial charge in [0.25, 0.3) is 0 Å². The summed E-state index contributed by atoms with van der Waals surface area (Å²) in [7, 11) is 0. The molecular weight excluding hydrogens is 604 g/mol. The van der Waals surface area contributed by atoms with E-state index in [0.717, 1.165) is 66.1 Å². The van der Waals surface area contributed by atoms with Gasteiger partial charge in [-0.05, 0) is 56.2 Å². The van der Waals surface area contributed by atoms with Crippen LogP contribution in [0.5, 0.6) is 11.5 Å². The molecule has 0 amide bonds. The van der Waals surface area contributed by atoms with Gasteiger partial charge in [-0.2, -0.15) is 0 Å². The molecule has 0 saturated heterocycles. The number of rotatable bonds is 16. The second-order valence-electron chi connectivity index (χ2n) is 10.1. The molecule has 1 heterocycles. The van der Waals surface area contributed by atoms with Gasteiger partial charge in [0.15, 0.2) is 11.5 Å². The van der Waals surface area contributed by atoms with Crippen LogP contribution in [0.1, 0.15) is 90.9 Å². The average Bonchev–Trinajstić information content (AvgIpc) is 2.94. The highest BCUT2D eigenvalue weighted by Crippen LogP contribution is 2.47. The van der Waals surface area contributed by atoms with Crippen LogP contribution in [0, 0.1) is 0 Å². The fourth-order valence-electron chi connectivity index (χ4n) is 4.88. The lowest BCUT2D eigenvalue weighted by atomic mass is 10.1. The SMILES string of the molecule is CCCCCCCCOc1c(OCCCCCCCC)c(Br)c2nc3c(ccc4ccccc43)nc2c1Br. The molecule has 0 aliphatic carbocycles. The van der Waals surface area contributed by atoms with Crippen molar-refractivity contribution in [3.05, 3.63) is 45.3 Å². The summed E-state index contributed by atoms with van der Waals surface area (Å²) in [5.41, 5.74) is 3.33. The zero-order valence-electron chi connectivity index (χ0n) is 22.8. The highest BCUT2D eigenvalue weighted by Gasteiger charge is 2.23. The van der Waals surface area contributed by atoms with Gasteiger partial charge in [0.1, 0.15) is 11.0 Å². The van der Waals surface area contributed by atoms with Gasteiger partial charge in [0.05, 0.1) is 33.2 Å². The van der Waals surface area contributed by atoms with E-state index in [1.54, 1.807) is 0 Å². The predicted octanol–water partition coefficient (Wildman–Crippen LogP) is 10.9. The van der Waals surface area contributed by atoms with E-state index in [2.05, 4.69) is 70.0 Å². The Hall–Kier alpha value is -1.92.